The number of carbonyl (C=O) groups is 12. The van der Waals surface area contributed by atoms with Crippen molar-refractivity contribution in [2.24, 2.45) is 17.3 Å². The first-order valence-electron chi connectivity index (χ1n) is 28.6. The summed E-state index contributed by atoms with van der Waals surface area (Å²) in [5.41, 5.74) is 1.21. The average Bonchev–Trinajstić information content (AvgIpc) is 4.31. The van der Waals surface area contributed by atoms with E-state index < -0.39 is 59.3 Å². The second kappa shape index (κ2) is 37.7. The van der Waals surface area contributed by atoms with Crippen LogP contribution >= 0.6 is 0 Å². The van der Waals surface area contributed by atoms with Gasteiger partial charge in [-0.15, -0.1) is 0 Å². The lowest BCUT2D eigenvalue weighted by Crippen LogP contribution is -2.32. The number of benzene rings is 3. The van der Waals surface area contributed by atoms with Gasteiger partial charge in [0.25, 0.3) is 35.4 Å². The van der Waals surface area contributed by atoms with Gasteiger partial charge in [-0.25, -0.2) is 14.4 Å². The minimum Gasteiger partial charge on any atom is -0.428 e. The first-order chi connectivity index (χ1) is 42.1. The predicted molar refractivity (Wildman–Crippen MR) is 303 cm³/mol. The number of ether oxygens (including phenoxy) is 9. The first kappa shape index (κ1) is 71.7. The molecule has 3 saturated heterocycles. The Morgan fingerprint density at radius 1 is 0.432 bits per heavy atom. The van der Waals surface area contributed by atoms with Gasteiger partial charge in [0.1, 0.15) is 37.1 Å². The number of hydrogen-bond donors (Lipinski definition) is 0. The molecule has 27 nitrogen and oxygen atoms in total. The number of hydrogen-bond acceptors (Lipinski definition) is 24. The van der Waals surface area contributed by atoms with Crippen molar-refractivity contribution >= 4 is 71.8 Å². The first-order valence-corrected chi connectivity index (χ1v) is 28.6. The van der Waals surface area contributed by atoms with E-state index in [4.69, 9.17) is 42.6 Å². The van der Waals surface area contributed by atoms with E-state index in [1.807, 2.05) is 27.7 Å². The molecule has 0 aliphatic carbocycles. The number of rotatable bonds is 30. The molecule has 6 amide bonds. The molecule has 0 spiro atoms. The number of carbonyl (C=O) groups excluding carboxylic acids is 12. The average molecular weight is 1240 g/mol. The van der Waals surface area contributed by atoms with Gasteiger partial charge in [0.05, 0.1) is 17.3 Å². The van der Waals surface area contributed by atoms with Crippen LogP contribution < -0.4 is 14.2 Å². The van der Waals surface area contributed by atoms with Gasteiger partial charge in [-0.2, -0.15) is 0 Å². The zero-order valence-electron chi connectivity index (χ0n) is 50.6. The molecule has 3 aromatic carbocycles. The topological polar surface area (TPSA) is 325 Å². The van der Waals surface area contributed by atoms with E-state index in [1.54, 1.807) is 94.1 Å². The van der Waals surface area contributed by atoms with Crippen molar-refractivity contribution in [3.05, 3.63) is 89.5 Å². The molecule has 0 aromatic heterocycles. The fraction of sp³-hybridized carbons (Fsp3) is 0.508. The largest absolute Gasteiger partial charge is 0.534 e. The summed E-state index contributed by atoms with van der Waals surface area (Å²) < 4.78 is 46.0. The molecule has 88 heavy (non-hydrogen) atoms. The van der Waals surface area contributed by atoms with E-state index >= 15 is 0 Å². The molecule has 3 fully saturated rings. The second-order valence-corrected chi connectivity index (χ2v) is 20.6. The maximum Gasteiger partial charge on any atom is 0.534 e. The molecule has 480 valence electrons. The molecule has 3 aromatic rings. The van der Waals surface area contributed by atoms with Crippen LogP contribution in [0.4, 0.5) is 14.4 Å². The fourth-order valence-corrected chi connectivity index (χ4v) is 8.23. The summed E-state index contributed by atoms with van der Waals surface area (Å²) in [6.45, 7) is 8.97. The Kier molecular flexibility index (Phi) is 30.7. The summed E-state index contributed by atoms with van der Waals surface area (Å²) >= 11 is 0. The van der Waals surface area contributed by atoms with E-state index in [0.29, 0.717) is 94.6 Å². The minimum atomic E-state index is -1.15. The second-order valence-electron chi connectivity index (χ2n) is 20.6. The third-order valence-corrected chi connectivity index (χ3v) is 13.3. The van der Waals surface area contributed by atoms with Crippen LogP contribution in [0.15, 0.2) is 72.8 Å². The van der Waals surface area contributed by atoms with Crippen molar-refractivity contribution < 1.29 is 115 Å². The monoisotopic (exact) mass is 1240 g/mol. The summed E-state index contributed by atoms with van der Waals surface area (Å²) in [5.74, 6) is -3.61. The van der Waals surface area contributed by atoms with E-state index in [2.05, 4.69) is 14.5 Å². The summed E-state index contributed by atoms with van der Waals surface area (Å²) in [6.07, 6.45) is 3.29. The van der Waals surface area contributed by atoms with Crippen LogP contribution in [0.3, 0.4) is 0 Å². The van der Waals surface area contributed by atoms with Gasteiger partial charge in [0.2, 0.25) is 0 Å². The lowest BCUT2D eigenvalue weighted by molar-refractivity contribution is -0.178. The van der Waals surface area contributed by atoms with Crippen molar-refractivity contribution in [3.63, 3.8) is 0 Å². The maximum absolute atomic E-state index is 12.4. The normalized spacial score (nSPS) is 14.4. The zero-order chi connectivity index (χ0) is 64.6. The molecule has 3 aliphatic heterocycles. The SMILES string of the molecule is CCC(CCCOC)C(=O)Oc1ccc(COC(=O)ON2C(=O)CCC2=O)cc1.CCCC(CCCOC)C(=O)Oc1ccc(COC(=O)ON2C(=O)CCC2=O)cc1.COCCCC(C)(C)C(=O)Oc1ccc(COC(=O)ON2C(=O)CCC2=O)cc1. The van der Waals surface area contributed by atoms with Crippen molar-refractivity contribution in [1.82, 2.24) is 15.2 Å². The third kappa shape index (κ3) is 24.9. The number of hydroxylamine groups is 6. The lowest BCUT2D eigenvalue weighted by atomic mass is 9.88. The van der Waals surface area contributed by atoms with Crippen LogP contribution in [0.2, 0.25) is 0 Å². The van der Waals surface area contributed by atoms with Gasteiger partial charge in [-0.05, 0) is 118 Å². The van der Waals surface area contributed by atoms with Gasteiger partial charge in [-0.3, -0.25) is 57.7 Å². The van der Waals surface area contributed by atoms with Crippen LogP contribution in [-0.2, 0) is 106 Å². The molecule has 6 rings (SSSR count). The van der Waals surface area contributed by atoms with Crippen LogP contribution in [0.25, 0.3) is 0 Å². The number of imide groups is 3. The van der Waals surface area contributed by atoms with Crippen molar-refractivity contribution in [2.45, 2.75) is 144 Å². The molecule has 0 N–H and O–H groups in total. The Morgan fingerprint density at radius 2 is 0.739 bits per heavy atom. The zero-order valence-corrected chi connectivity index (χ0v) is 50.6. The van der Waals surface area contributed by atoms with E-state index in [0.717, 1.165) is 32.1 Å². The van der Waals surface area contributed by atoms with E-state index in [-0.39, 0.29) is 88.1 Å². The van der Waals surface area contributed by atoms with Crippen molar-refractivity contribution in [2.75, 3.05) is 41.2 Å². The Balaban J connectivity index is 0.000000282. The van der Waals surface area contributed by atoms with Gasteiger partial charge >= 0.3 is 36.4 Å². The van der Waals surface area contributed by atoms with Gasteiger partial charge in [-0.1, -0.05) is 71.9 Å². The van der Waals surface area contributed by atoms with E-state index in [1.165, 1.54) is 0 Å². The summed E-state index contributed by atoms with van der Waals surface area (Å²) in [6, 6.07) is 19.4. The quantitative estimate of drug-likeness (QED) is 0.0198. The van der Waals surface area contributed by atoms with Crippen molar-refractivity contribution in [3.8, 4) is 17.2 Å². The molecule has 27 heteroatoms. The molecule has 0 saturated carbocycles. The summed E-state index contributed by atoms with van der Waals surface area (Å²) in [7, 11) is 4.86. The Bertz CT molecular complexity index is 2790. The highest BCUT2D eigenvalue weighted by Crippen LogP contribution is 2.27. The molecular formula is C61H77N3O24. The smallest absolute Gasteiger partial charge is 0.428 e. The summed E-state index contributed by atoms with van der Waals surface area (Å²) in [5, 5.41) is 1.26. The highest BCUT2D eigenvalue weighted by molar-refractivity contribution is 6.02. The van der Waals surface area contributed by atoms with E-state index in [9.17, 15) is 57.5 Å². The number of nitrogens with zero attached hydrogens (tertiary/aromatic N) is 3. The lowest BCUT2D eigenvalue weighted by Gasteiger charge is -2.22. The molecule has 2 atom stereocenters. The standard InChI is InChI=1S/C21H27NO8.2C20H25NO8/c1-3-5-16(6-4-13-27-2)20(25)29-17-9-7-15(8-10-17)14-28-21(26)30-22-18(23)11-12-19(22)24;1-20(2,11-4-12-26-3)18(24)28-15-7-5-14(6-8-15)13-27-19(25)29-21-16(22)9-10-17(21)23;1-3-15(5-4-12-26-2)19(24)28-16-8-6-14(7-9-16)13-27-20(25)29-21-17(22)10-11-18(21)23/h7-10,16H,3-6,11-14H2,1-2H3;5-8H,4,9-13H2,1-3H3;6-9,15H,3-5,10-13H2,1-2H3. The number of esters is 3. The minimum absolute atomic E-state index is 0.00941. The fourth-order valence-electron chi connectivity index (χ4n) is 8.23. The Labute approximate surface area is 509 Å². The Hall–Kier alpha value is -8.82. The molecule has 3 heterocycles. The Morgan fingerprint density at radius 3 is 1.06 bits per heavy atom. The number of amides is 6. The summed E-state index contributed by atoms with van der Waals surface area (Å²) in [4.78, 5) is 154. The van der Waals surface area contributed by atoms with Gasteiger partial charge in [0.15, 0.2) is 0 Å². The van der Waals surface area contributed by atoms with Crippen LogP contribution in [0.5, 0.6) is 17.2 Å². The molecule has 2 unspecified atom stereocenters. The molecule has 0 radical (unpaired) electrons. The molecule has 3 aliphatic rings. The highest BCUT2D eigenvalue weighted by atomic mass is 16.8. The van der Waals surface area contributed by atoms with Crippen LogP contribution in [0, 0.1) is 17.3 Å². The third-order valence-electron chi connectivity index (χ3n) is 13.3. The van der Waals surface area contributed by atoms with Crippen molar-refractivity contribution in [1.29, 1.82) is 0 Å². The molecular weight excluding hydrogens is 1160 g/mol. The predicted octanol–water partition coefficient (Wildman–Crippen LogP) is 8.68. The maximum atomic E-state index is 12.4. The number of methoxy groups -OCH3 is 3. The van der Waals surface area contributed by atoms with Crippen LogP contribution in [0.1, 0.15) is 141 Å². The van der Waals surface area contributed by atoms with Gasteiger partial charge in [0, 0.05) is 79.7 Å². The molecule has 0 bridgehead atoms. The van der Waals surface area contributed by atoms with Crippen LogP contribution in [-0.4, -0.2) is 128 Å². The highest BCUT2D eigenvalue weighted by Gasteiger charge is 2.36. The van der Waals surface area contributed by atoms with Gasteiger partial charge < -0.3 is 42.6 Å².